The molecule has 3 saturated carbocycles. The molecule has 7 aliphatic rings. The van der Waals surface area contributed by atoms with Gasteiger partial charge in [0.15, 0.2) is 5.78 Å². The van der Waals surface area contributed by atoms with Gasteiger partial charge in [-0.3, -0.25) is 9.69 Å². The zero-order chi connectivity index (χ0) is 39.3. The summed E-state index contributed by atoms with van der Waals surface area (Å²) in [5.74, 6) is 0.380. The third kappa shape index (κ3) is 5.18. The van der Waals surface area contributed by atoms with E-state index in [0.717, 1.165) is 79.3 Å². The summed E-state index contributed by atoms with van der Waals surface area (Å²) < 4.78 is 0. The van der Waals surface area contributed by atoms with Gasteiger partial charge in [0.2, 0.25) is 0 Å². The molecule has 1 unspecified atom stereocenters. The third-order valence-electron chi connectivity index (χ3n) is 16.9. The molecule has 0 aromatic heterocycles. The van der Waals surface area contributed by atoms with Crippen molar-refractivity contribution in [3.63, 3.8) is 0 Å². The molecule has 1 saturated heterocycles. The molecule has 4 aromatic carbocycles. The molecule has 5 nitrogen and oxygen atoms in total. The van der Waals surface area contributed by atoms with Crippen LogP contribution >= 0.6 is 0 Å². The SMILES string of the molecule is C[C@]12CC[C@H]3[C@]4(C=C[C@@]5(C=C4C(=O)c4ccc(-c6ccccc6)cc4)CC(O)CC[C@]35C)[C@@H]1CC[C@@]2(O)CN1CCC[C@@H]1C(O)(c1ccccc1)c1ccccc1. The molecule has 2 spiro atoms. The number of carbonyl (C=O) groups excluding carboxylic acids is 1. The fourth-order valence-electron chi connectivity index (χ4n) is 14.0. The van der Waals surface area contributed by atoms with Crippen molar-refractivity contribution < 1.29 is 20.1 Å². The van der Waals surface area contributed by atoms with Gasteiger partial charge in [0.25, 0.3) is 0 Å². The van der Waals surface area contributed by atoms with Gasteiger partial charge in [-0.1, -0.05) is 147 Å². The number of aliphatic hydroxyl groups excluding tert-OH is 1. The lowest BCUT2D eigenvalue weighted by atomic mass is 9.32. The molecule has 0 radical (unpaired) electrons. The summed E-state index contributed by atoms with van der Waals surface area (Å²) >= 11 is 0. The summed E-state index contributed by atoms with van der Waals surface area (Å²) in [5.41, 5.74) is 1.85. The number of fused-ring (bicyclic) bond motifs is 1. The minimum Gasteiger partial charge on any atom is -0.393 e. The van der Waals surface area contributed by atoms with Gasteiger partial charge in [0, 0.05) is 40.0 Å². The summed E-state index contributed by atoms with van der Waals surface area (Å²) in [6.45, 7) is 6.07. The highest BCUT2D eigenvalue weighted by atomic mass is 16.3. The molecule has 6 aliphatic carbocycles. The van der Waals surface area contributed by atoms with E-state index in [1.807, 2.05) is 91.0 Å². The number of Topliss-reactive ketones (excluding diaryl/α,β-unsaturated/α-hetero) is 1. The van der Waals surface area contributed by atoms with E-state index in [1.165, 1.54) is 0 Å². The van der Waals surface area contributed by atoms with Crippen LogP contribution in [0.4, 0.5) is 0 Å². The van der Waals surface area contributed by atoms with Crippen LogP contribution in [0.15, 0.2) is 139 Å². The molecule has 57 heavy (non-hydrogen) atoms. The van der Waals surface area contributed by atoms with Crippen LogP contribution in [-0.2, 0) is 5.60 Å². The summed E-state index contributed by atoms with van der Waals surface area (Å²) in [4.78, 5) is 17.6. The maximum atomic E-state index is 15.2. The standard InChI is InChI=1S/C52H57NO4/c1-47-27-24-41(54)33-49(47)30-31-51(42(34-49)46(55)38-22-20-37(21-23-38)36-13-6-3-7-14-36)43(47)25-28-48(2)44(51)26-29-50(48,56)35-53-32-12-19-45(53)52(57,39-15-8-4-9-16-39)40-17-10-5-11-18-40/h3-11,13-18,20-23,30-31,34,41,43-45,54,56-57H,12,19,24-29,32-33,35H2,1-2H3/t41?,43-,44-,45-,47-,48+,49+,50-,51-/m1/s1. The Hall–Kier alpha value is -4.13. The second-order valence-corrected chi connectivity index (χ2v) is 19.2. The van der Waals surface area contributed by atoms with E-state index in [1.54, 1.807) is 0 Å². The number of β-amino-alcohol motifs (C(OH)–C–C–N with tert-alkyl or cyclic N) is 1. The first-order valence-corrected chi connectivity index (χ1v) is 21.6. The molecular formula is C52H57NO4. The molecule has 1 aliphatic heterocycles. The lowest BCUT2D eigenvalue weighted by Crippen LogP contribution is -2.67. The fraction of sp³-hybridized carbons (Fsp3) is 0.442. The summed E-state index contributed by atoms with van der Waals surface area (Å²) in [6.07, 6.45) is 14.2. The number of likely N-dealkylation sites (tertiary alicyclic amines) is 1. The maximum Gasteiger partial charge on any atom is 0.189 e. The lowest BCUT2D eigenvalue weighted by Gasteiger charge is -2.71. The topological polar surface area (TPSA) is 81.0 Å². The van der Waals surface area contributed by atoms with Crippen molar-refractivity contribution in [1.29, 1.82) is 0 Å². The van der Waals surface area contributed by atoms with Gasteiger partial charge in [-0.05, 0) is 104 Å². The van der Waals surface area contributed by atoms with Crippen LogP contribution in [0.3, 0.4) is 0 Å². The Labute approximate surface area is 338 Å². The van der Waals surface area contributed by atoms with Crippen molar-refractivity contribution in [2.75, 3.05) is 13.1 Å². The lowest BCUT2D eigenvalue weighted by molar-refractivity contribution is -0.178. The molecule has 3 N–H and O–H groups in total. The highest BCUT2D eigenvalue weighted by Gasteiger charge is 2.74. The number of rotatable bonds is 8. The first-order chi connectivity index (χ1) is 27.5. The van der Waals surface area contributed by atoms with Crippen LogP contribution in [0.25, 0.3) is 11.1 Å². The van der Waals surface area contributed by atoms with Crippen molar-refractivity contribution in [2.45, 2.75) is 95.0 Å². The van der Waals surface area contributed by atoms with Crippen molar-refractivity contribution in [1.82, 2.24) is 4.90 Å². The predicted molar refractivity (Wildman–Crippen MR) is 225 cm³/mol. The van der Waals surface area contributed by atoms with Gasteiger partial charge in [0.1, 0.15) is 5.60 Å². The summed E-state index contributed by atoms with van der Waals surface area (Å²) in [7, 11) is 0. The van der Waals surface area contributed by atoms with Crippen LogP contribution in [0.1, 0.15) is 93.1 Å². The first kappa shape index (κ1) is 37.2. The van der Waals surface area contributed by atoms with Crippen molar-refractivity contribution in [2.24, 2.45) is 33.5 Å². The Balaban J connectivity index is 1.03. The molecule has 4 aromatic rings. The van der Waals surface area contributed by atoms with Gasteiger partial charge in [-0.2, -0.15) is 0 Å². The molecule has 4 fully saturated rings. The second-order valence-electron chi connectivity index (χ2n) is 19.2. The fourth-order valence-corrected chi connectivity index (χ4v) is 14.0. The third-order valence-corrected chi connectivity index (χ3v) is 16.9. The average molecular weight is 760 g/mol. The second kappa shape index (κ2) is 13.2. The molecule has 1 heterocycles. The van der Waals surface area contributed by atoms with Crippen LogP contribution in [-0.4, -0.2) is 56.8 Å². The zero-order valence-corrected chi connectivity index (χ0v) is 33.5. The number of carbonyl (C=O) groups is 1. The molecule has 294 valence electrons. The number of hydrogen-bond acceptors (Lipinski definition) is 5. The van der Waals surface area contributed by atoms with E-state index in [-0.39, 0.29) is 34.5 Å². The van der Waals surface area contributed by atoms with Crippen LogP contribution in [0.2, 0.25) is 0 Å². The molecule has 5 heteroatoms. The monoisotopic (exact) mass is 759 g/mol. The van der Waals surface area contributed by atoms with E-state index >= 15 is 4.79 Å². The highest BCUT2D eigenvalue weighted by Crippen LogP contribution is 2.78. The van der Waals surface area contributed by atoms with E-state index in [9.17, 15) is 15.3 Å². The largest absolute Gasteiger partial charge is 0.393 e. The quantitative estimate of drug-likeness (QED) is 0.123. The zero-order valence-electron chi connectivity index (χ0n) is 33.5. The first-order valence-electron chi connectivity index (χ1n) is 21.6. The number of ketones is 1. The van der Waals surface area contributed by atoms with E-state index < -0.39 is 28.1 Å². The number of allylic oxidation sites excluding steroid dienone is 4. The number of benzene rings is 4. The maximum absolute atomic E-state index is 15.2. The van der Waals surface area contributed by atoms with Crippen molar-refractivity contribution in [3.8, 4) is 11.1 Å². The molecule has 11 rings (SSSR count). The number of nitrogens with zero attached hydrogens (tertiary/aromatic N) is 1. The van der Waals surface area contributed by atoms with E-state index in [0.29, 0.717) is 24.9 Å². The summed E-state index contributed by atoms with van der Waals surface area (Å²) in [5, 5.41) is 37.5. The Bertz CT molecular complexity index is 2180. The molecule has 0 amide bonds. The Morgan fingerprint density at radius 1 is 0.719 bits per heavy atom. The minimum absolute atomic E-state index is 0.0638. The molecular weight excluding hydrogens is 703 g/mol. The van der Waals surface area contributed by atoms with Crippen LogP contribution < -0.4 is 0 Å². The number of hydrogen-bond donors (Lipinski definition) is 3. The van der Waals surface area contributed by atoms with E-state index in [2.05, 4.69) is 61.2 Å². The van der Waals surface area contributed by atoms with Gasteiger partial charge >= 0.3 is 0 Å². The highest BCUT2D eigenvalue weighted by molar-refractivity contribution is 6.10. The van der Waals surface area contributed by atoms with Gasteiger partial charge in [-0.25, -0.2) is 0 Å². The smallest absolute Gasteiger partial charge is 0.189 e. The van der Waals surface area contributed by atoms with Crippen molar-refractivity contribution in [3.05, 3.63) is 156 Å². The molecule has 2 bridgehead atoms. The van der Waals surface area contributed by atoms with Gasteiger partial charge in [0.05, 0.1) is 11.7 Å². The van der Waals surface area contributed by atoms with Crippen LogP contribution in [0.5, 0.6) is 0 Å². The minimum atomic E-state index is -1.23. The Kier molecular flexibility index (Phi) is 8.60. The van der Waals surface area contributed by atoms with Gasteiger partial charge in [-0.15, -0.1) is 0 Å². The molecule has 9 atom stereocenters. The van der Waals surface area contributed by atoms with Gasteiger partial charge < -0.3 is 15.3 Å². The Morgan fingerprint density at radius 2 is 1.30 bits per heavy atom. The van der Waals surface area contributed by atoms with Crippen LogP contribution in [0, 0.1) is 33.5 Å². The summed E-state index contributed by atoms with van der Waals surface area (Å²) in [6, 6.07) is 38.4. The average Bonchev–Trinajstić information content (AvgIpc) is 3.82. The normalized spacial score (nSPS) is 37.0. The number of aliphatic hydroxyl groups is 3. The van der Waals surface area contributed by atoms with Crippen molar-refractivity contribution >= 4 is 5.78 Å². The predicted octanol–water partition coefficient (Wildman–Crippen LogP) is 9.53. The van der Waals surface area contributed by atoms with E-state index in [4.69, 9.17) is 0 Å². The Morgan fingerprint density at radius 3 is 1.96 bits per heavy atom.